The van der Waals surface area contributed by atoms with Crippen molar-refractivity contribution in [2.24, 2.45) is 0 Å². The Bertz CT molecular complexity index is 1100. The Kier molecular flexibility index (Phi) is 7.65. The van der Waals surface area contributed by atoms with Crippen LogP contribution in [0.2, 0.25) is 0 Å². The Morgan fingerprint density at radius 3 is 2.39 bits per heavy atom. The van der Waals surface area contributed by atoms with Crippen molar-refractivity contribution < 1.29 is 65.8 Å². The van der Waals surface area contributed by atoms with E-state index >= 15 is 0 Å². The quantitative estimate of drug-likeness (QED) is 0.163. The molecule has 16 nitrogen and oxygen atoms in total. The zero-order valence-electron chi connectivity index (χ0n) is 15.0. The number of halogens is 1. The van der Waals surface area contributed by atoms with Crippen LogP contribution in [-0.4, -0.2) is 63.8 Å². The summed E-state index contributed by atoms with van der Waals surface area (Å²) in [6, 6.07) is 0. The second kappa shape index (κ2) is 8.93. The van der Waals surface area contributed by atoms with Crippen molar-refractivity contribution >= 4 is 35.7 Å². The standard InChI is InChI=1S/C10H16FN2O14P3S/c1-10(16)6(14)5(25-8(10)13-2-4(11)7(15)12-9(13)31)3-24-29(20,21)27-30(22,23)26-28(17,18)19/h2,5-6,8,14,16H,3H2,1H3,(H,20,21)(H,22,23)(H,12,15,31)(H2,17,18,19)/t5-,6?,8-,10-/m1/s1. The molecule has 7 N–H and O–H groups in total. The zero-order valence-corrected chi connectivity index (χ0v) is 18.5. The SMILES string of the molecule is C[C@@]1(O)C(O)[C@@H](COP(=O)(O)OP(=O)(O)OP(=O)(O)O)O[C@H]1n1cc(F)c(=O)[nH]c1=S. The van der Waals surface area contributed by atoms with Crippen LogP contribution in [0.4, 0.5) is 4.39 Å². The molecule has 2 heterocycles. The van der Waals surface area contributed by atoms with Gasteiger partial charge in [0.2, 0.25) is 5.82 Å². The van der Waals surface area contributed by atoms with Gasteiger partial charge in [-0.2, -0.15) is 13.0 Å². The smallest absolute Gasteiger partial charge is 0.387 e. The molecular weight excluding hydrogens is 516 g/mol. The van der Waals surface area contributed by atoms with E-state index in [1.54, 1.807) is 0 Å². The summed E-state index contributed by atoms with van der Waals surface area (Å²) in [6.07, 6.45) is -4.56. The predicted molar refractivity (Wildman–Crippen MR) is 96.2 cm³/mol. The molecule has 1 aliphatic rings. The van der Waals surface area contributed by atoms with Gasteiger partial charge in [-0.25, -0.2) is 13.7 Å². The number of aromatic amines is 1. The highest BCUT2D eigenvalue weighted by Gasteiger charge is 2.54. The van der Waals surface area contributed by atoms with Gasteiger partial charge in [0, 0.05) is 0 Å². The number of aliphatic hydroxyl groups excluding tert-OH is 1. The van der Waals surface area contributed by atoms with Crippen LogP contribution in [0.15, 0.2) is 11.0 Å². The van der Waals surface area contributed by atoms with E-state index in [-0.39, 0.29) is 0 Å². The van der Waals surface area contributed by atoms with Crippen LogP contribution in [-0.2, 0) is 31.6 Å². The molecule has 1 aromatic heterocycles. The molecule has 21 heteroatoms. The third kappa shape index (κ3) is 6.66. The summed E-state index contributed by atoms with van der Waals surface area (Å²) in [5.41, 5.74) is -3.38. The number of hydrogen-bond acceptors (Lipinski definition) is 11. The molecule has 0 radical (unpaired) electrons. The summed E-state index contributed by atoms with van der Waals surface area (Å²) in [4.78, 5) is 48.7. The number of phosphoric ester groups is 1. The van der Waals surface area contributed by atoms with Gasteiger partial charge in [-0.1, -0.05) is 0 Å². The molecule has 3 unspecified atom stereocenters. The topological polar surface area (TPSA) is 247 Å². The van der Waals surface area contributed by atoms with Gasteiger partial charge in [0.1, 0.15) is 17.8 Å². The van der Waals surface area contributed by atoms with Crippen molar-refractivity contribution in [2.45, 2.75) is 31.0 Å². The average molecular weight is 532 g/mol. The first kappa shape index (κ1) is 26.6. The molecule has 1 aliphatic heterocycles. The van der Waals surface area contributed by atoms with Gasteiger partial charge in [0.15, 0.2) is 11.0 Å². The van der Waals surface area contributed by atoms with Crippen LogP contribution in [0, 0.1) is 10.6 Å². The second-order valence-electron chi connectivity index (χ2n) is 6.23. The number of aliphatic hydroxyl groups is 2. The molecule has 1 fully saturated rings. The van der Waals surface area contributed by atoms with Gasteiger partial charge < -0.3 is 34.5 Å². The molecule has 31 heavy (non-hydrogen) atoms. The third-order valence-electron chi connectivity index (χ3n) is 3.75. The van der Waals surface area contributed by atoms with Crippen LogP contribution in [0.25, 0.3) is 0 Å². The molecule has 0 aromatic carbocycles. The highest BCUT2D eigenvalue weighted by Crippen LogP contribution is 2.66. The van der Waals surface area contributed by atoms with Crippen molar-refractivity contribution in [3.05, 3.63) is 27.1 Å². The van der Waals surface area contributed by atoms with Crippen molar-refractivity contribution in [3.8, 4) is 0 Å². The summed E-state index contributed by atoms with van der Waals surface area (Å²) in [5.74, 6) is -1.31. The molecule has 178 valence electrons. The highest BCUT2D eigenvalue weighted by molar-refractivity contribution is 7.71. The van der Waals surface area contributed by atoms with Crippen LogP contribution in [0.5, 0.6) is 0 Å². The first-order valence-corrected chi connectivity index (χ1v) is 12.6. The lowest BCUT2D eigenvalue weighted by atomic mass is 9.96. The monoisotopic (exact) mass is 532 g/mol. The van der Waals surface area contributed by atoms with Gasteiger partial charge in [-0.15, -0.1) is 0 Å². The van der Waals surface area contributed by atoms with E-state index in [1.807, 2.05) is 4.98 Å². The maximum Gasteiger partial charge on any atom is 0.490 e. The molecule has 2 rings (SSSR count). The van der Waals surface area contributed by atoms with Gasteiger partial charge >= 0.3 is 23.5 Å². The van der Waals surface area contributed by atoms with Crippen molar-refractivity contribution in [2.75, 3.05) is 6.61 Å². The predicted octanol–water partition coefficient (Wildman–Crippen LogP) is -0.602. The molecule has 0 spiro atoms. The summed E-state index contributed by atoms with van der Waals surface area (Å²) in [7, 11) is -16.9. The average Bonchev–Trinajstić information content (AvgIpc) is 2.76. The molecular formula is C10H16FN2O14P3S. The largest absolute Gasteiger partial charge is 0.490 e. The van der Waals surface area contributed by atoms with Crippen LogP contribution in [0.1, 0.15) is 13.2 Å². The van der Waals surface area contributed by atoms with Crippen molar-refractivity contribution in [1.29, 1.82) is 0 Å². The minimum absolute atomic E-state index is 0.405. The fourth-order valence-electron chi connectivity index (χ4n) is 2.48. The van der Waals surface area contributed by atoms with Crippen LogP contribution >= 0.6 is 35.7 Å². The van der Waals surface area contributed by atoms with Gasteiger partial charge in [0.05, 0.1) is 12.8 Å². The van der Waals surface area contributed by atoms with Gasteiger partial charge in [0.25, 0.3) is 5.56 Å². The summed E-state index contributed by atoms with van der Waals surface area (Å²) in [5, 5.41) is 20.7. The maximum atomic E-state index is 13.6. The van der Waals surface area contributed by atoms with Crippen LogP contribution < -0.4 is 5.56 Å². The van der Waals surface area contributed by atoms with E-state index in [4.69, 9.17) is 31.6 Å². The number of rotatable bonds is 8. The maximum absolute atomic E-state index is 13.6. The first-order valence-electron chi connectivity index (χ1n) is 7.70. The zero-order chi connectivity index (χ0) is 24.0. The number of ether oxygens (including phenoxy) is 1. The number of aromatic nitrogens is 2. The van der Waals surface area contributed by atoms with E-state index < -0.39 is 70.3 Å². The minimum Gasteiger partial charge on any atom is -0.387 e. The molecule has 6 atom stereocenters. The molecule has 0 saturated carbocycles. The van der Waals surface area contributed by atoms with E-state index in [0.29, 0.717) is 6.20 Å². The molecule has 1 aromatic rings. The lowest BCUT2D eigenvalue weighted by Crippen LogP contribution is -2.44. The van der Waals surface area contributed by atoms with Crippen molar-refractivity contribution in [1.82, 2.24) is 9.55 Å². The number of phosphoric acid groups is 3. The lowest BCUT2D eigenvalue weighted by Gasteiger charge is -2.28. The molecule has 1 saturated heterocycles. The number of nitrogens with zero attached hydrogens (tertiary/aromatic N) is 1. The lowest BCUT2D eigenvalue weighted by molar-refractivity contribution is -0.0981. The van der Waals surface area contributed by atoms with Gasteiger partial charge in [-0.3, -0.25) is 18.9 Å². The number of nitrogens with one attached hydrogen (secondary N) is 1. The minimum atomic E-state index is -5.76. The van der Waals surface area contributed by atoms with E-state index in [1.165, 1.54) is 0 Å². The fraction of sp³-hybridized carbons (Fsp3) is 0.600. The molecule has 0 bridgehead atoms. The Hall–Kier alpha value is -0.680. The summed E-state index contributed by atoms with van der Waals surface area (Å²) < 4.78 is 64.3. The van der Waals surface area contributed by atoms with E-state index in [9.17, 15) is 38.0 Å². The number of hydrogen-bond donors (Lipinski definition) is 7. The van der Waals surface area contributed by atoms with E-state index in [0.717, 1.165) is 11.5 Å². The fourth-order valence-corrected chi connectivity index (χ4v) is 5.75. The van der Waals surface area contributed by atoms with E-state index in [2.05, 4.69) is 13.1 Å². The van der Waals surface area contributed by atoms with Crippen LogP contribution in [0.3, 0.4) is 0 Å². The Morgan fingerprint density at radius 1 is 1.26 bits per heavy atom. The Labute approximate surface area is 176 Å². The highest BCUT2D eigenvalue weighted by atomic mass is 32.1. The molecule has 0 amide bonds. The van der Waals surface area contributed by atoms with Crippen molar-refractivity contribution in [3.63, 3.8) is 0 Å². The summed E-state index contributed by atoms with van der Waals surface area (Å²) in [6.45, 7) is -0.0609. The first-order chi connectivity index (χ1) is 13.8. The second-order valence-corrected chi connectivity index (χ2v) is 11.0. The molecule has 0 aliphatic carbocycles. The Morgan fingerprint density at radius 2 is 1.84 bits per heavy atom. The van der Waals surface area contributed by atoms with Gasteiger partial charge in [-0.05, 0) is 19.1 Å². The third-order valence-corrected chi connectivity index (χ3v) is 7.86. The normalized spacial score (nSPS) is 30.6. The Balaban J connectivity index is 2.17. The summed E-state index contributed by atoms with van der Waals surface area (Å²) >= 11 is 4.84. The number of H-pyrrole nitrogens is 1.